The van der Waals surface area contributed by atoms with E-state index in [1.807, 2.05) is 0 Å². The summed E-state index contributed by atoms with van der Waals surface area (Å²) < 4.78 is 28.4. The molecule has 9 nitrogen and oxygen atoms in total. The number of hydrogen-bond donors (Lipinski definition) is 0. The fourth-order valence-corrected chi connectivity index (χ4v) is 4.93. The molecule has 1 atom stereocenters. The molecule has 0 unspecified atom stereocenters. The van der Waals surface area contributed by atoms with Crippen LogP contribution in [0.3, 0.4) is 0 Å². The van der Waals surface area contributed by atoms with Crippen LogP contribution in [0.5, 0.6) is 0 Å². The van der Waals surface area contributed by atoms with Crippen LogP contribution in [0.25, 0.3) is 6.08 Å². The highest BCUT2D eigenvalue weighted by Crippen LogP contribution is 2.32. The Morgan fingerprint density at radius 3 is 2.61 bits per heavy atom. The average Bonchev–Trinajstić information content (AvgIpc) is 3.41. The van der Waals surface area contributed by atoms with Gasteiger partial charge in [0.05, 0.1) is 16.4 Å². The highest BCUT2D eigenvalue weighted by Gasteiger charge is 2.42. The Balaban J connectivity index is 1.55. The standard InChI is InChI=1S/C18H20N2O7S/c21-17(19(14-5-6-14)16-8-9-28(25,26)12-16)11-27-18(22)7-4-13-2-1-3-15(10-13)20(23)24/h1-4,7,10,14,16H,5-6,8-9,11-12H2/b7-4+/t16-/m1/s1. The van der Waals surface area contributed by atoms with Gasteiger partial charge in [-0.25, -0.2) is 13.2 Å². The summed E-state index contributed by atoms with van der Waals surface area (Å²) in [5.74, 6) is -1.13. The zero-order valence-corrected chi connectivity index (χ0v) is 15.8. The van der Waals surface area contributed by atoms with Crippen LogP contribution in [0.15, 0.2) is 30.3 Å². The van der Waals surface area contributed by atoms with E-state index in [0.29, 0.717) is 12.0 Å². The lowest BCUT2D eigenvalue weighted by Crippen LogP contribution is -2.44. The molecule has 150 valence electrons. The second-order valence-corrected chi connectivity index (χ2v) is 9.11. The highest BCUT2D eigenvalue weighted by atomic mass is 32.2. The van der Waals surface area contributed by atoms with Crippen LogP contribution in [-0.4, -0.2) is 60.3 Å². The molecule has 28 heavy (non-hydrogen) atoms. The number of sulfone groups is 1. The first-order valence-corrected chi connectivity index (χ1v) is 10.7. The van der Waals surface area contributed by atoms with E-state index in [1.54, 1.807) is 11.0 Å². The zero-order chi connectivity index (χ0) is 20.3. The molecule has 0 spiro atoms. The van der Waals surface area contributed by atoms with Gasteiger partial charge in [0.2, 0.25) is 0 Å². The molecule has 1 aromatic carbocycles. The van der Waals surface area contributed by atoms with Crippen LogP contribution in [0, 0.1) is 10.1 Å². The van der Waals surface area contributed by atoms with Crippen molar-refractivity contribution in [1.82, 2.24) is 4.90 Å². The summed E-state index contributed by atoms with van der Waals surface area (Å²) in [4.78, 5) is 36.1. The summed E-state index contributed by atoms with van der Waals surface area (Å²) in [5, 5.41) is 10.8. The van der Waals surface area contributed by atoms with Crippen molar-refractivity contribution in [3.05, 3.63) is 46.0 Å². The van der Waals surface area contributed by atoms with Gasteiger partial charge in [0.1, 0.15) is 0 Å². The normalized spacial score (nSPS) is 20.8. The number of nitro benzene ring substituents is 1. The molecule has 0 bridgehead atoms. The van der Waals surface area contributed by atoms with Crippen molar-refractivity contribution in [2.24, 2.45) is 0 Å². The molecule has 0 radical (unpaired) electrons. The molecule has 3 rings (SSSR count). The molecule has 10 heteroatoms. The first-order chi connectivity index (χ1) is 13.2. The number of nitro groups is 1. The van der Waals surface area contributed by atoms with Crippen molar-refractivity contribution in [3.8, 4) is 0 Å². The summed E-state index contributed by atoms with van der Waals surface area (Å²) in [6.45, 7) is -0.467. The molecule has 1 heterocycles. The third-order valence-electron chi connectivity index (χ3n) is 4.66. The fraction of sp³-hybridized carbons (Fsp3) is 0.444. The van der Waals surface area contributed by atoms with E-state index in [0.717, 1.165) is 18.9 Å². The zero-order valence-electron chi connectivity index (χ0n) is 15.0. The second kappa shape index (κ2) is 8.09. The van der Waals surface area contributed by atoms with Gasteiger partial charge in [-0.15, -0.1) is 0 Å². The molecule has 0 N–H and O–H groups in total. The Morgan fingerprint density at radius 2 is 2.00 bits per heavy atom. The Morgan fingerprint density at radius 1 is 1.25 bits per heavy atom. The summed E-state index contributed by atoms with van der Waals surface area (Å²) in [6, 6.07) is 5.40. The fourth-order valence-electron chi connectivity index (χ4n) is 3.21. The van der Waals surface area contributed by atoms with E-state index in [9.17, 15) is 28.1 Å². The molecule has 1 aromatic rings. The summed E-state index contributed by atoms with van der Waals surface area (Å²) in [5.41, 5.74) is 0.352. The van der Waals surface area contributed by atoms with Crippen molar-refractivity contribution < 1.29 is 27.7 Å². The molecular formula is C18H20N2O7S. The number of nitrogens with zero attached hydrogens (tertiary/aromatic N) is 2. The largest absolute Gasteiger partial charge is 0.452 e. The number of carbonyl (C=O) groups is 2. The number of esters is 1. The first-order valence-electron chi connectivity index (χ1n) is 8.86. The van der Waals surface area contributed by atoms with E-state index in [-0.39, 0.29) is 29.3 Å². The lowest BCUT2D eigenvalue weighted by Gasteiger charge is -2.28. The Bertz CT molecular complexity index is 922. The van der Waals surface area contributed by atoms with Crippen molar-refractivity contribution in [1.29, 1.82) is 0 Å². The van der Waals surface area contributed by atoms with Gasteiger partial charge in [0.15, 0.2) is 16.4 Å². The Kier molecular flexibility index (Phi) is 5.78. The van der Waals surface area contributed by atoms with Gasteiger partial charge in [-0.05, 0) is 30.9 Å². The molecular weight excluding hydrogens is 388 g/mol. The maximum Gasteiger partial charge on any atom is 0.331 e. The maximum atomic E-state index is 12.5. The SMILES string of the molecule is O=C(/C=C/c1cccc([N+](=O)[O-])c1)OCC(=O)N(C1CC1)[C@@H]1CCS(=O)(=O)C1. The summed E-state index contributed by atoms with van der Waals surface area (Å²) >= 11 is 0. The number of rotatable bonds is 7. The molecule has 1 saturated carbocycles. The summed E-state index contributed by atoms with van der Waals surface area (Å²) in [7, 11) is -3.12. The van der Waals surface area contributed by atoms with Crippen molar-refractivity contribution in [2.45, 2.75) is 31.3 Å². The second-order valence-electron chi connectivity index (χ2n) is 6.88. The molecule has 1 aliphatic carbocycles. The first kappa shape index (κ1) is 20.0. The maximum absolute atomic E-state index is 12.5. The molecule has 0 aromatic heterocycles. The van der Waals surface area contributed by atoms with Gasteiger partial charge in [-0.1, -0.05) is 12.1 Å². The predicted octanol–water partition coefficient (Wildman–Crippen LogP) is 1.33. The quantitative estimate of drug-likeness (QED) is 0.288. The summed E-state index contributed by atoms with van der Waals surface area (Å²) in [6.07, 6.45) is 4.51. The average molecular weight is 408 g/mol. The minimum Gasteiger partial charge on any atom is -0.452 e. The minimum atomic E-state index is -3.12. The van der Waals surface area contributed by atoms with Crippen molar-refractivity contribution in [3.63, 3.8) is 0 Å². The van der Waals surface area contributed by atoms with Crippen LogP contribution in [-0.2, 0) is 24.2 Å². The van der Waals surface area contributed by atoms with Crippen molar-refractivity contribution >= 4 is 33.5 Å². The number of benzene rings is 1. The van der Waals surface area contributed by atoms with Gasteiger partial charge < -0.3 is 9.64 Å². The lowest BCUT2D eigenvalue weighted by molar-refractivity contribution is -0.384. The van der Waals surface area contributed by atoms with Crippen LogP contribution < -0.4 is 0 Å². The smallest absolute Gasteiger partial charge is 0.331 e. The molecule has 1 aliphatic heterocycles. The van der Waals surface area contributed by atoms with Crippen LogP contribution >= 0.6 is 0 Å². The number of carbonyl (C=O) groups excluding carboxylic acids is 2. The molecule has 1 saturated heterocycles. The van der Waals surface area contributed by atoms with E-state index in [2.05, 4.69) is 0 Å². The third-order valence-corrected chi connectivity index (χ3v) is 6.41. The van der Waals surface area contributed by atoms with Gasteiger partial charge >= 0.3 is 5.97 Å². The van der Waals surface area contributed by atoms with E-state index in [1.165, 1.54) is 24.3 Å². The number of amides is 1. The van der Waals surface area contributed by atoms with Gasteiger partial charge in [-0.2, -0.15) is 0 Å². The number of non-ortho nitro benzene ring substituents is 1. The van der Waals surface area contributed by atoms with Gasteiger partial charge in [0, 0.05) is 30.3 Å². The van der Waals surface area contributed by atoms with E-state index < -0.39 is 33.2 Å². The Hall–Kier alpha value is -2.75. The number of ether oxygens (including phenoxy) is 1. The van der Waals surface area contributed by atoms with Crippen LogP contribution in [0.4, 0.5) is 5.69 Å². The predicted molar refractivity (Wildman–Crippen MR) is 100 cm³/mol. The highest BCUT2D eigenvalue weighted by molar-refractivity contribution is 7.91. The van der Waals surface area contributed by atoms with Crippen LogP contribution in [0.1, 0.15) is 24.8 Å². The van der Waals surface area contributed by atoms with E-state index in [4.69, 9.17) is 4.74 Å². The number of hydrogen-bond acceptors (Lipinski definition) is 7. The van der Waals surface area contributed by atoms with E-state index >= 15 is 0 Å². The molecule has 2 aliphatic rings. The molecule has 1 amide bonds. The van der Waals surface area contributed by atoms with Gasteiger partial charge in [-0.3, -0.25) is 14.9 Å². The Labute approximate surface area is 162 Å². The van der Waals surface area contributed by atoms with Gasteiger partial charge in [0.25, 0.3) is 11.6 Å². The lowest BCUT2D eigenvalue weighted by atomic mass is 10.2. The van der Waals surface area contributed by atoms with Crippen LogP contribution in [0.2, 0.25) is 0 Å². The topological polar surface area (TPSA) is 124 Å². The third kappa shape index (κ3) is 5.16. The minimum absolute atomic E-state index is 0.0184. The monoisotopic (exact) mass is 408 g/mol. The molecule has 2 fully saturated rings. The van der Waals surface area contributed by atoms with Crippen molar-refractivity contribution in [2.75, 3.05) is 18.1 Å².